The second-order valence-electron chi connectivity index (χ2n) is 9.45. The van der Waals surface area contributed by atoms with E-state index in [1.807, 2.05) is 30.3 Å². The number of rotatable bonds is 6. The predicted octanol–water partition coefficient (Wildman–Crippen LogP) is 4.42. The Morgan fingerprint density at radius 3 is 2.50 bits per heavy atom. The van der Waals surface area contributed by atoms with Gasteiger partial charge in [-0.05, 0) is 36.8 Å². The number of hydrogen-bond donors (Lipinski definition) is 1. The number of benzene rings is 2. The van der Waals surface area contributed by atoms with Crippen molar-refractivity contribution in [3.05, 3.63) is 77.3 Å². The maximum atomic E-state index is 13.5. The van der Waals surface area contributed by atoms with Crippen LogP contribution in [-0.4, -0.2) is 58.3 Å². The van der Waals surface area contributed by atoms with Crippen LogP contribution in [0.25, 0.3) is 22.4 Å². The molecule has 5 rings (SSSR count). The molecule has 0 bridgehead atoms. The Bertz CT molecular complexity index is 1570. The van der Waals surface area contributed by atoms with Gasteiger partial charge in [-0.15, -0.1) is 0 Å². The maximum Gasteiger partial charge on any atom is 0.433 e. The number of halogens is 3. The monoisotopic (exact) mass is 553 g/mol. The minimum atomic E-state index is -4.65. The van der Waals surface area contributed by atoms with Crippen LogP contribution in [0.2, 0.25) is 0 Å². The van der Waals surface area contributed by atoms with Gasteiger partial charge in [0.05, 0.1) is 13.2 Å². The van der Waals surface area contributed by atoms with E-state index in [1.165, 1.54) is 24.1 Å². The van der Waals surface area contributed by atoms with Gasteiger partial charge in [0, 0.05) is 30.6 Å². The van der Waals surface area contributed by atoms with Gasteiger partial charge >= 0.3 is 6.18 Å². The average molecular weight is 554 g/mol. The summed E-state index contributed by atoms with van der Waals surface area (Å²) in [5.41, 5.74) is 6.22. The van der Waals surface area contributed by atoms with Crippen LogP contribution >= 0.6 is 0 Å². The number of hydrogen-bond acceptors (Lipinski definition) is 7. The molecular weight excluding hydrogens is 527 g/mol. The van der Waals surface area contributed by atoms with Gasteiger partial charge in [0.2, 0.25) is 11.8 Å². The van der Waals surface area contributed by atoms with E-state index in [-0.39, 0.29) is 53.0 Å². The normalized spacial score (nSPS) is 15.0. The number of nitrogens with two attached hydrogens (primary N) is 1. The molecule has 2 amide bonds. The number of aromatic nitrogens is 2. The Morgan fingerprint density at radius 1 is 1.10 bits per heavy atom. The first kappa shape index (κ1) is 27.1. The number of oxazole rings is 1. The molecule has 2 aromatic carbocycles. The molecule has 2 aromatic heterocycles. The minimum Gasteiger partial charge on any atom is -0.494 e. The molecule has 1 atom stereocenters. The van der Waals surface area contributed by atoms with Crippen LogP contribution in [0.4, 0.5) is 13.2 Å². The smallest absolute Gasteiger partial charge is 0.433 e. The molecule has 9 nitrogen and oxygen atoms in total. The second-order valence-corrected chi connectivity index (χ2v) is 9.45. The van der Waals surface area contributed by atoms with Crippen molar-refractivity contribution in [2.75, 3.05) is 26.7 Å². The number of alkyl halides is 3. The lowest BCUT2D eigenvalue weighted by atomic mass is 10.1. The molecule has 0 aliphatic carbocycles. The third kappa shape index (κ3) is 5.22. The van der Waals surface area contributed by atoms with Gasteiger partial charge in [0.1, 0.15) is 23.5 Å². The van der Waals surface area contributed by atoms with Gasteiger partial charge < -0.3 is 24.7 Å². The van der Waals surface area contributed by atoms with Crippen molar-refractivity contribution in [3.8, 4) is 17.2 Å². The summed E-state index contributed by atoms with van der Waals surface area (Å²) in [7, 11) is 1.33. The van der Waals surface area contributed by atoms with E-state index in [0.29, 0.717) is 18.7 Å². The Morgan fingerprint density at radius 2 is 1.85 bits per heavy atom. The predicted molar refractivity (Wildman–Crippen MR) is 139 cm³/mol. The van der Waals surface area contributed by atoms with Crippen LogP contribution in [0.15, 0.2) is 59.0 Å². The molecule has 40 heavy (non-hydrogen) atoms. The van der Waals surface area contributed by atoms with E-state index < -0.39 is 23.8 Å². The van der Waals surface area contributed by atoms with Gasteiger partial charge in [0.25, 0.3) is 5.91 Å². The van der Waals surface area contributed by atoms with E-state index in [1.54, 1.807) is 17.9 Å². The van der Waals surface area contributed by atoms with Crippen LogP contribution in [-0.2, 0) is 17.5 Å². The number of nitrogens with zero attached hydrogens (tertiary/aromatic N) is 4. The summed E-state index contributed by atoms with van der Waals surface area (Å²) < 4.78 is 51.1. The van der Waals surface area contributed by atoms with Gasteiger partial charge in [-0.2, -0.15) is 13.2 Å². The molecule has 0 spiro atoms. The van der Waals surface area contributed by atoms with Crippen molar-refractivity contribution in [1.29, 1.82) is 0 Å². The van der Waals surface area contributed by atoms with Crippen LogP contribution < -0.4 is 10.5 Å². The number of carbonyl (C=O) groups is 2. The average Bonchev–Trinajstić information content (AvgIpc) is 3.38. The molecule has 0 radical (unpaired) electrons. The summed E-state index contributed by atoms with van der Waals surface area (Å²) in [5, 5.41) is 0.286. The molecule has 2 N–H and O–H groups in total. The lowest BCUT2D eigenvalue weighted by Gasteiger charge is -2.34. The number of piperazine rings is 1. The van der Waals surface area contributed by atoms with Crippen molar-refractivity contribution in [3.63, 3.8) is 0 Å². The summed E-state index contributed by atoms with van der Waals surface area (Å²) in [6.07, 6.45) is -4.65. The minimum absolute atomic E-state index is 0.0149. The molecule has 1 aliphatic rings. The van der Waals surface area contributed by atoms with Crippen LogP contribution in [0.5, 0.6) is 5.75 Å². The molecule has 4 aromatic rings. The fourth-order valence-electron chi connectivity index (χ4n) is 4.61. The highest BCUT2D eigenvalue weighted by Crippen LogP contribution is 2.37. The lowest BCUT2D eigenvalue weighted by Crippen LogP contribution is -2.52. The summed E-state index contributed by atoms with van der Waals surface area (Å²) >= 11 is 0. The van der Waals surface area contributed by atoms with E-state index in [4.69, 9.17) is 14.9 Å². The summed E-state index contributed by atoms with van der Waals surface area (Å²) in [4.78, 5) is 37.6. The molecule has 208 valence electrons. The van der Waals surface area contributed by atoms with Crippen LogP contribution in [0.1, 0.15) is 40.5 Å². The number of ether oxygens (including phenoxy) is 1. The molecule has 1 fully saturated rings. The highest BCUT2D eigenvalue weighted by atomic mass is 19.4. The quantitative estimate of drug-likeness (QED) is 0.376. The van der Waals surface area contributed by atoms with E-state index >= 15 is 0 Å². The third-order valence-electron chi connectivity index (χ3n) is 6.65. The van der Waals surface area contributed by atoms with Crippen molar-refractivity contribution in [2.24, 2.45) is 5.73 Å². The highest BCUT2D eigenvalue weighted by Gasteiger charge is 2.34. The third-order valence-corrected chi connectivity index (χ3v) is 6.65. The first-order chi connectivity index (χ1) is 19.1. The van der Waals surface area contributed by atoms with Crippen molar-refractivity contribution < 1.29 is 31.9 Å². The summed E-state index contributed by atoms with van der Waals surface area (Å²) in [6, 6.07) is 13.9. The molecule has 1 saturated heterocycles. The fourth-order valence-corrected chi connectivity index (χ4v) is 4.61. The standard InChI is InChI=1S/C28H26F3N5O4/c1-16(32)25-24(27(38)36-13-12-35(22(37)15-36)14-17-6-4-3-5-7-17)34-26(40-25)19-8-10-20(39-2)23-18(19)9-11-21(33-23)28(29,30)31/h3-11,16H,12-15,32H2,1-2H3/t16-/m0/s1. The van der Waals surface area contributed by atoms with Gasteiger partial charge in [0.15, 0.2) is 11.5 Å². The largest absolute Gasteiger partial charge is 0.494 e. The summed E-state index contributed by atoms with van der Waals surface area (Å²) in [5.74, 6) is -0.513. The van der Waals surface area contributed by atoms with E-state index in [9.17, 15) is 22.8 Å². The zero-order valence-electron chi connectivity index (χ0n) is 21.7. The summed E-state index contributed by atoms with van der Waals surface area (Å²) in [6.45, 7) is 2.55. The molecule has 3 heterocycles. The Hall–Kier alpha value is -4.45. The topological polar surface area (TPSA) is 115 Å². The zero-order valence-corrected chi connectivity index (χ0v) is 21.7. The maximum absolute atomic E-state index is 13.5. The fraction of sp³-hybridized carbons (Fsp3) is 0.286. The molecule has 1 aliphatic heterocycles. The highest BCUT2D eigenvalue weighted by molar-refractivity contribution is 5.99. The number of methoxy groups -OCH3 is 1. The molecular formula is C28H26F3N5O4. The zero-order chi connectivity index (χ0) is 28.6. The molecule has 0 saturated carbocycles. The van der Waals surface area contributed by atoms with Crippen molar-refractivity contribution >= 4 is 22.7 Å². The SMILES string of the molecule is COc1ccc(-c2nc(C(=O)N3CCN(Cc4ccccc4)C(=O)C3)c([C@H](C)N)o2)c2ccc(C(F)(F)F)nc12. The Balaban J connectivity index is 1.45. The van der Waals surface area contributed by atoms with Gasteiger partial charge in [-0.25, -0.2) is 9.97 Å². The van der Waals surface area contributed by atoms with Crippen molar-refractivity contribution in [2.45, 2.75) is 25.7 Å². The van der Waals surface area contributed by atoms with E-state index in [0.717, 1.165) is 11.6 Å². The Labute approximate surface area is 227 Å². The second kappa shape index (κ2) is 10.6. The van der Waals surface area contributed by atoms with Gasteiger partial charge in [-0.3, -0.25) is 9.59 Å². The van der Waals surface area contributed by atoms with Crippen molar-refractivity contribution in [1.82, 2.24) is 19.8 Å². The van der Waals surface area contributed by atoms with Crippen LogP contribution in [0, 0.1) is 0 Å². The van der Waals surface area contributed by atoms with Gasteiger partial charge in [-0.1, -0.05) is 30.3 Å². The molecule has 0 unspecified atom stereocenters. The number of fused-ring (bicyclic) bond motifs is 1. The lowest BCUT2D eigenvalue weighted by molar-refractivity contribution is -0.141. The number of pyridine rings is 1. The number of carbonyl (C=O) groups excluding carboxylic acids is 2. The van der Waals surface area contributed by atoms with Crippen LogP contribution in [0.3, 0.4) is 0 Å². The van der Waals surface area contributed by atoms with E-state index in [2.05, 4.69) is 9.97 Å². The number of amides is 2. The first-order valence-electron chi connectivity index (χ1n) is 12.5. The Kier molecular flexibility index (Phi) is 7.19. The first-order valence-corrected chi connectivity index (χ1v) is 12.5. The molecule has 12 heteroatoms.